The molecule has 0 radical (unpaired) electrons. The van der Waals surface area contributed by atoms with Crippen LogP contribution >= 0.6 is 0 Å². The molecule has 1 aliphatic rings. The van der Waals surface area contributed by atoms with Gasteiger partial charge in [-0.2, -0.15) is 0 Å². The molecule has 11 rings (SSSR count). The summed E-state index contributed by atoms with van der Waals surface area (Å²) in [4.78, 5) is 2.42. The van der Waals surface area contributed by atoms with Crippen LogP contribution < -0.4 is 35.1 Å². The average molecular weight is 880 g/mol. The number of anilines is 3. The molecule has 322 valence electrons. The first-order valence-corrected chi connectivity index (χ1v) is 24.9. The Morgan fingerprint density at radius 2 is 0.716 bits per heavy atom. The number of nitrogens with zero attached hydrogens (tertiary/aromatic N) is 1. The van der Waals surface area contributed by atoms with E-state index < -0.39 is 13.5 Å². The first kappa shape index (κ1) is 41.5. The van der Waals surface area contributed by atoms with Gasteiger partial charge in [-0.05, 0) is 126 Å². The zero-order valence-corrected chi connectivity index (χ0v) is 38.6. The van der Waals surface area contributed by atoms with Crippen molar-refractivity contribution in [2.75, 3.05) is 19.1 Å². The topological polar surface area (TPSA) is 21.7 Å². The van der Waals surface area contributed by atoms with Gasteiger partial charge in [0.25, 0.3) is 0 Å². The highest BCUT2D eigenvalue weighted by Gasteiger charge is 2.47. The summed E-state index contributed by atoms with van der Waals surface area (Å²) in [6.45, 7) is 0. The minimum absolute atomic E-state index is 0.639. The molecule has 10 aromatic rings. The van der Waals surface area contributed by atoms with Crippen molar-refractivity contribution in [2.45, 2.75) is 5.41 Å². The number of fused-ring (bicyclic) bond motifs is 3. The third kappa shape index (κ3) is 7.05. The van der Waals surface area contributed by atoms with Crippen molar-refractivity contribution in [3.05, 3.63) is 283 Å². The van der Waals surface area contributed by atoms with Crippen LogP contribution in [0.1, 0.15) is 22.3 Å². The minimum atomic E-state index is -2.76. The largest absolute Gasteiger partial charge is 0.497 e. The zero-order chi connectivity index (χ0) is 45.2. The van der Waals surface area contributed by atoms with Crippen LogP contribution in [0.2, 0.25) is 0 Å². The third-order valence-electron chi connectivity index (χ3n) is 13.7. The summed E-state index contributed by atoms with van der Waals surface area (Å²) in [5, 5.41) is 5.36. The van der Waals surface area contributed by atoms with Gasteiger partial charge in [0.1, 0.15) is 11.5 Å². The summed E-state index contributed by atoms with van der Waals surface area (Å²) >= 11 is 0. The Labute approximate surface area is 394 Å². The first-order valence-electron chi connectivity index (χ1n) is 22.9. The van der Waals surface area contributed by atoms with E-state index in [9.17, 15) is 0 Å². The number of hydrogen-bond donors (Lipinski definition) is 0. The second kappa shape index (κ2) is 17.7. The average Bonchev–Trinajstić information content (AvgIpc) is 3.71. The van der Waals surface area contributed by atoms with E-state index in [1.165, 1.54) is 54.1 Å². The Morgan fingerprint density at radius 1 is 0.328 bits per heavy atom. The lowest BCUT2D eigenvalue weighted by Gasteiger charge is -2.36. The molecule has 3 nitrogen and oxygen atoms in total. The lowest BCUT2D eigenvalue weighted by molar-refractivity contribution is 0.414. The van der Waals surface area contributed by atoms with E-state index in [-0.39, 0.29) is 0 Å². The molecule has 10 aromatic carbocycles. The van der Waals surface area contributed by atoms with Gasteiger partial charge in [-0.3, -0.25) is 0 Å². The van der Waals surface area contributed by atoms with Crippen molar-refractivity contribution in [2.24, 2.45) is 0 Å². The van der Waals surface area contributed by atoms with Gasteiger partial charge in [0, 0.05) is 17.1 Å². The molecule has 67 heavy (non-hydrogen) atoms. The monoisotopic (exact) mass is 879 g/mol. The van der Waals surface area contributed by atoms with E-state index in [4.69, 9.17) is 9.47 Å². The highest BCUT2D eigenvalue weighted by molar-refractivity contribution is 7.19. The normalized spacial score (nSPS) is 12.4. The van der Waals surface area contributed by atoms with Crippen molar-refractivity contribution in [1.29, 1.82) is 0 Å². The van der Waals surface area contributed by atoms with Gasteiger partial charge >= 0.3 is 0 Å². The summed E-state index contributed by atoms with van der Waals surface area (Å²) < 4.78 is 11.4. The Hall–Kier alpha value is -8.18. The smallest absolute Gasteiger partial charge is 0.179 e. The van der Waals surface area contributed by atoms with Gasteiger partial charge in [-0.25, -0.2) is 0 Å². The molecule has 0 N–H and O–H groups in total. The van der Waals surface area contributed by atoms with Gasteiger partial charge in [0.2, 0.25) is 0 Å². The van der Waals surface area contributed by atoms with Gasteiger partial charge in [0.15, 0.2) is 8.07 Å². The minimum Gasteiger partial charge on any atom is -0.497 e. The maximum absolute atomic E-state index is 5.71. The SMILES string of the molecule is COc1ccc(C2(c3ccc(OC)cc3)c3ccccc3-c3ccc(N(c4ccc(-c5ccccc5)cc4)c4ccc([Si](c5ccccc5)(c5ccccc5)c5ccccc5)cc4)cc32)cc1. The molecule has 0 fully saturated rings. The molecule has 0 aromatic heterocycles. The molecular weight excluding hydrogens is 831 g/mol. The fourth-order valence-electron chi connectivity index (χ4n) is 10.7. The Morgan fingerprint density at radius 3 is 1.21 bits per heavy atom. The van der Waals surface area contributed by atoms with Gasteiger partial charge in [-0.15, -0.1) is 0 Å². The van der Waals surface area contributed by atoms with Gasteiger partial charge in [-0.1, -0.05) is 200 Å². The lowest BCUT2D eigenvalue weighted by Crippen LogP contribution is -2.74. The second-order valence-corrected chi connectivity index (χ2v) is 20.9. The Bertz CT molecular complexity index is 3120. The van der Waals surface area contributed by atoms with Gasteiger partial charge in [0.05, 0.1) is 19.6 Å². The third-order valence-corrected chi connectivity index (χ3v) is 18.5. The fraction of sp³-hybridized carbons (Fsp3) is 0.0476. The maximum Gasteiger partial charge on any atom is 0.179 e. The number of hydrogen-bond acceptors (Lipinski definition) is 3. The highest BCUT2D eigenvalue weighted by atomic mass is 28.3. The van der Waals surface area contributed by atoms with Crippen molar-refractivity contribution >= 4 is 45.9 Å². The summed E-state index contributed by atoms with van der Waals surface area (Å²) in [5.74, 6) is 1.64. The van der Waals surface area contributed by atoms with Crippen molar-refractivity contribution in [3.8, 4) is 33.8 Å². The lowest BCUT2D eigenvalue weighted by atomic mass is 9.67. The molecule has 0 spiro atoms. The number of benzene rings is 10. The number of ether oxygens (including phenoxy) is 2. The molecule has 0 saturated carbocycles. The van der Waals surface area contributed by atoms with E-state index in [0.717, 1.165) is 39.7 Å². The predicted octanol–water partition coefficient (Wildman–Crippen LogP) is 12.6. The van der Waals surface area contributed by atoms with Crippen LogP contribution in [-0.2, 0) is 5.41 Å². The van der Waals surface area contributed by atoms with Crippen molar-refractivity contribution < 1.29 is 9.47 Å². The molecule has 0 atom stereocenters. The summed E-state index contributed by atoms with van der Waals surface area (Å²) in [6.07, 6.45) is 0. The summed E-state index contributed by atoms with van der Waals surface area (Å²) in [5.41, 5.74) is 12.1. The van der Waals surface area contributed by atoms with E-state index in [1.54, 1.807) is 14.2 Å². The summed E-state index contributed by atoms with van der Waals surface area (Å²) in [7, 11) is 0.691. The standard InChI is InChI=1S/C63H49NO2Si/c1-65-53-38-29-48(30-39-53)63(49-31-40-54(66-2)41-32-49)61-26-16-15-25-59(61)60-44-37-52(45-62(60)63)64(50-33-27-47(28-34-50)46-17-7-3-8-18-46)51-35-42-58(43-36-51)67(55-19-9-4-10-20-55,56-21-11-5-12-22-56)57-23-13-6-14-24-57/h3-45H,1-2H3. The molecule has 0 saturated heterocycles. The second-order valence-electron chi connectivity index (χ2n) is 17.1. The zero-order valence-electron chi connectivity index (χ0n) is 37.6. The van der Waals surface area contributed by atoms with Crippen LogP contribution in [0.25, 0.3) is 22.3 Å². The molecule has 4 heteroatoms. The highest BCUT2D eigenvalue weighted by Crippen LogP contribution is 2.57. The van der Waals surface area contributed by atoms with Crippen LogP contribution in [0.4, 0.5) is 17.1 Å². The quantitative estimate of drug-likeness (QED) is 0.0901. The van der Waals surface area contributed by atoms with Crippen molar-refractivity contribution in [3.63, 3.8) is 0 Å². The van der Waals surface area contributed by atoms with Gasteiger partial charge < -0.3 is 14.4 Å². The fourth-order valence-corrected chi connectivity index (χ4v) is 15.4. The van der Waals surface area contributed by atoms with Crippen molar-refractivity contribution in [1.82, 2.24) is 0 Å². The van der Waals surface area contributed by atoms with E-state index in [1.807, 2.05) is 0 Å². The number of rotatable bonds is 12. The maximum atomic E-state index is 5.71. The first-order chi connectivity index (χ1) is 33.1. The molecule has 0 amide bonds. The van der Waals surface area contributed by atoms with Crippen LogP contribution in [0.15, 0.2) is 261 Å². The van der Waals surface area contributed by atoms with E-state index >= 15 is 0 Å². The molecule has 0 heterocycles. The molecule has 1 aliphatic carbocycles. The summed E-state index contributed by atoms with van der Waals surface area (Å²) in [6, 6.07) is 95.6. The molecule has 0 bridgehead atoms. The van der Waals surface area contributed by atoms with Crippen LogP contribution in [0.5, 0.6) is 11.5 Å². The molecular formula is C63H49NO2Si. The molecule has 0 unspecified atom stereocenters. The number of methoxy groups -OCH3 is 2. The molecule has 0 aliphatic heterocycles. The Kier molecular flexibility index (Phi) is 10.9. The van der Waals surface area contributed by atoms with E-state index in [0.29, 0.717) is 0 Å². The Balaban J connectivity index is 1.13. The predicted molar refractivity (Wildman–Crippen MR) is 281 cm³/mol. The van der Waals surface area contributed by atoms with Crippen LogP contribution in [-0.4, -0.2) is 22.3 Å². The van der Waals surface area contributed by atoms with Crippen LogP contribution in [0.3, 0.4) is 0 Å². The van der Waals surface area contributed by atoms with E-state index in [2.05, 4.69) is 266 Å². The van der Waals surface area contributed by atoms with Crippen LogP contribution in [0, 0.1) is 0 Å².